The fourth-order valence-corrected chi connectivity index (χ4v) is 2.22. The van der Waals surface area contributed by atoms with Gasteiger partial charge in [0.1, 0.15) is 6.54 Å². The van der Waals surface area contributed by atoms with Gasteiger partial charge in [-0.15, -0.1) is 0 Å². The van der Waals surface area contributed by atoms with Gasteiger partial charge in [0.2, 0.25) is 12.3 Å². The minimum atomic E-state index is -0.392. The van der Waals surface area contributed by atoms with E-state index in [1.165, 1.54) is 0 Å². The molecule has 20 heavy (non-hydrogen) atoms. The summed E-state index contributed by atoms with van der Waals surface area (Å²) in [7, 11) is 0. The Bertz CT molecular complexity index is 621. The van der Waals surface area contributed by atoms with Gasteiger partial charge in [-0.25, -0.2) is 5.06 Å². The van der Waals surface area contributed by atoms with Gasteiger partial charge in [-0.1, -0.05) is 18.2 Å². The number of carbonyl (C=O) groups is 2. The van der Waals surface area contributed by atoms with Gasteiger partial charge in [0.05, 0.1) is 0 Å². The Labute approximate surface area is 116 Å². The maximum atomic E-state index is 11.4. The van der Waals surface area contributed by atoms with Crippen molar-refractivity contribution in [1.29, 1.82) is 0 Å². The van der Waals surface area contributed by atoms with E-state index in [0.717, 1.165) is 22.2 Å². The van der Waals surface area contributed by atoms with Crippen molar-refractivity contribution in [2.45, 2.75) is 13.3 Å². The maximum Gasteiger partial charge on any atom is 0.242 e. The van der Waals surface area contributed by atoms with Crippen LogP contribution in [0.3, 0.4) is 0 Å². The number of nitrogens with one attached hydrogen (secondary N) is 2. The van der Waals surface area contributed by atoms with Crippen LogP contribution in [-0.2, 0) is 16.0 Å². The first-order valence-corrected chi connectivity index (χ1v) is 6.35. The second-order valence-corrected chi connectivity index (χ2v) is 4.58. The fourth-order valence-electron chi connectivity index (χ4n) is 2.22. The van der Waals surface area contributed by atoms with Gasteiger partial charge in [0.25, 0.3) is 0 Å². The van der Waals surface area contributed by atoms with E-state index in [9.17, 15) is 9.59 Å². The zero-order valence-corrected chi connectivity index (χ0v) is 11.2. The lowest BCUT2D eigenvalue weighted by molar-refractivity contribution is -0.155. The third-order valence-electron chi connectivity index (χ3n) is 3.15. The van der Waals surface area contributed by atoms with Crippen molar-refractivity contribution < 1.29 is 14.8 Å². The van der Waals surface area contributed by atoms with Crippen LogP contribution in [-0.4, -0.2) is 40.7 Å². The number of amides is 2. The molecule has 0 spiro atoms. The predicted molar refractivity (Wildman–Crippen MR) is 74.3 cm³/mol. The summed E-state index contributed by atoms with van der Waals surface area (Å²) in [5.41, 5.74) is 3.32. The Morgan fingerprint density at radius 3 is 2.95 bits per heavy atom. The molecule has 0 fully saturated rings. The Balaban J connectivity index is 1.95. The molecule has 1 heterocycles. The monoisotopic (exact) mass is 275 g/mol. The van der Waals surface area contributed by atoms with Crippen LogP contribution < -0.4 is 5.32 Å². The van der Waals surface area contributed by atoms with Crippen molar-refractivity contribution in [1.82, 2.24) is 15.4 Å². The molecule has 0 aliphatic carbocycles. The highest BCUT2D eigenvalue weighted by Crippen LogP contribution is 2.21. The molecule has 0 atom stereocenters. The molecule has 0 aliphatic heterocycles. The number of nitrogens with zero attached hydrogens (tertiary/aromatic N) is 1. The number of fused-ring (bicyclic) bond motifs is 1. The number of aromatic amines is 1. The lowest BCUT2D eigenvalue weighted by Gasteiger charge is -2.09. The molecule has 2 rings (SSSR count). The topological polar surface area (TPSA) is 85.4 Å². The number of hydrogen-bond acceptors (Lipinski definition) is 3. The third kappa shape index (κ3) is 3.16. The zero-order chi connectivity index (χ0) is 14.5. The van der Waals surface area contributed by atoms with Gasteiger partial charge in [0.15, 0.2) is 0 Å². The Morgan fingerprint density at radius 2 is 2.20 bits per heavy atom. The van der Waals surface area contributed by atoms with Crippen LogP contribution >= 0.6 is 0 Å². The molecular formula is C14H17N3O3. The summed E-state index contributed by atoms with van der Waals surface area (Å²) in [5, 5.41) is 13.0. The van der Waals surface area contributed by atoms with Crippen molar-refractivity contribution in [3.8, 4) is 0 Å². The van der Waals surface area contributed by atoms with Gasteiger partial charge < -0.3 is 10.3 Å². The van der Waals surface area contributed by atoms with Gasteiger partial charge >= 0.3 is 0 Å². The standard InChI is InChI=1S/C14H17N3O3/c1-10-11(12-4-2-3-5-13(12)16-10)6-7-15-14(19)8-17(20)9-18/h2-5,9,16,20H,6-8H2,1H3,(H,15,19). The highest BCUT2D eigenvalue weighted by atomic mass is 16.5. The zero-order valence-electron chi connectivity index (χ0n) is 11.2. The molecule has 0 bridgehead atoms. The normalized spacial score (nSPS) is 10.5. The molecular weight excluding hydrogens is 258 g/mol. The van der Waals surface area contributed by atoms with E-state index in [4.69, 9.17) is 5.21 Å². The summed E-state index contributed by atoms with van der Waals surface area (Å²) < 4.78 is 0. The summed E-state index contributed by atoms with van der Waals surface area (Å²) in [5.74, 6) is -0.392. The largest absolute Gasteiger partial charge is 0.358 e. The van der Waals surface area contributed by atoms with E-state index in [-0.39, 0.29) is 13.0 Å². The molecule has 0 saturated heterocycles. The Morgan fingerprint density at radius 1 is 1.45 bits per heavy atom. The molecule has 2 aromatic rings. The number of H-pyrrole nitrogens is 1. The summed E-state index contributed by atoms with van der Waals surface area (Å²) in [4.78, 5) is 24.9. The van der Waals surface area contributed by atoms with Crippen LogP contribution in [0.5, 0.6) is 0 Å². The first-order chi connectivity index (χ1) is 9.61. The molecule has 0 unspecified atom stereocenters. The number of aromatic nitrogens is 1. The van der Waals surface area contributed by atoms with E-state index < -0.39 is 5.91 Å². The maximum absolute atomic E-state index is 11.4. The van der Waals surface area contributed by atoms with Crippen molar-refractivity contribution in [2.75, 3.05) is 13.1 Å². The molecule has 6 nitrogen and oxygen atoms in total. The summed E-state index contributed by atoms with van der Waals surface area (Å²) in [6.07, 6.45) is 0.886. The number of hydroxylamine groups is 2. The minimum Gasteiger partial charge on any atom is -0.358 e. The Kier molecular flexibility index (Phi) is 4.37. The number of aryl methyl sites for hydroxylation is 1. The second-order valence-electron chi connectivity index (χ2n) is 4.58. The number of hydrogen-bond donors (Lipinski definition) is 3. The van der Waals surface area contributed by atoms with E-state index in [1.807, 2.05) is 31.2 Å². The molecule has 1 aromatic carbocycles. The lowest BCUT2D eigenvalue weighted by Crippen LogP contribution is -2.35. The first kappa shape index (κ1) is 14.1. The van der Waals surface area contributed by atoms with E-state index >= 15 is 0 Å². The molecule has 2 amide bonds. The van der Waals surface area contributed by atoms with Crippen LogP contribution in [0.25, 0.3) is 10.9 Å². The second kappa shape index (κ2) is 6.21. The summed E-state index contributed by atoms with van der Waals surface area (Å²) >= 11 is 0. The summed E-state index contributed by atoms with van der Waals surface area (Å²) in [6, 6.07) is 8.00. The van der Waals surface area contributed by atoms with Crippen molar-refractivity contribution >= 4 is 23.2 Å². The van der Waals surface area contributed by atoms with E-state index in [1.54, 1.807) is 0 Å². The number of rotatable bonds is 6. The third-order valence-corrected chi connectivity index (χ3v) is 3.15. The number of para-hydroxylation sites is 1. The average molecular weight is 275 g/mol. The molecule has 106 valence electrons. The summed E-state index contributed by atoms with van der Waals surface area (Å²) in [6.45, 7) is 2.10. The van der Waals surface area contributed by atoms with Crippen molar-refractivity contribution in [2.24, 2.45) is 0 Å². The van der Waals surface area contributed by atoms with Crippen molar-refractivity contribution in [3.05, 3.63) is 35.5 Å². The van der Waals surface area contributed by atoms with Gasteiger partial charge in [-0.05, 0) is 25.0 Å². The van der Waals surface area contributed by atoms with Crippen LogP contribution in [0.1, 0.15) is 11.3 Å². The molecule has 6 heteroatoms. The molecule has 0 aliphatic rings. The average Bonchev–Trinajstić information content (AvgIpc) is 2.75. The fraction of sp³-hybridized carbons (Fsp3) is 0.286. The number of carbonyl (C=O) groups excluding carboxylic acids is 2. The SMILES string of the molecule is Cc1[nH]c2ccccc2c1CCNC(=O)CN(O)C=O. The van der Waals surface area contributed by atoms with Crippen LogP contribution in [0, 0.1) is 6.92 Å². The highest BCUT2D eigenvalue weighted by molar-refractivity contribution is 5.84. The van der Waals surface area contributed by atoms with Gasteiger partial charge in [0, 0.05) is 23.1 Å². The molecule has 3 N–H and O–H groups in total. The highest BCUT2D eigenvalue weighted by Gasteiger charge is 2.09. The van der Waals surface area contributed by atoms with E-state index in [2.05, 4.69) is 10.3 Å². The van der Waals surface area contributed by atoms with Crippen LogP contribution in [0.2, 0.25) is 0 Å². The van der Waals surface area contributed by atoms with Gasteiger partial charge in [-0.2, -0.15) is 0 Å². The van der Waals surface area contributed by atoms with Crippen molar-refractivity contribution in [3.63, 3.8) is 0 Å². The molecule has 1 aromatic heterocycles. The van der Waals surface area contributed by atoms with Gasteiger partial charge in [-0.3, -0.25) is 14.8 Å². The lowest BCUT2D eigenvalue weighted by atomic mass is 10.1. The number of benzene rings is 1. The van der Waals surface area contributed by atoms with Crippen LogP contribution in [0.4, 0.5) is 0 Å². The molecule has 0 saturated carbocycles. The van der Waals surface area contributed by atoms with Crippen LogP contribution in [0.15, 0.2) is 24.3 Å². The Hall–Kier alpha value is -2.34. The quantitative estimate of drug-likeness (QED) is 0.417. The smallest absolute Gasteiger partial charge is 0.242 e. The first-order valence-electron chi connectivity index (χ1n) is 6.35. The predicted octanol–water partition coefficient (Wildman–Crippen LogP) is 0.983. The molecule has 0 radical (unpaired) electrons. The minimum absolute atomic E-state index is 0.198. The van der Waals surface area contributed by atoms with E-state index in [0.29, 0.717) is 18.0 Å².